The van der Waals surface area contributed by atoms with E-state index in [2.05, 4.69) is 49.6 Å². The fraction of sp³-hybridized carbons (Fsp3) is 0.520. The first-order valence-electron chi connectivity index (χ1n) is 10.8. The van der Waals surface area contributed by atoms with E-state index in [0.29, 0.717) is 0 Å². The van der Waals surface area contributed by atoms with E-state index >= 15 is 0 Å². The van der Waals surface area contributed by atoms with Gasteiger partial charge in [-0.2, -0.15) is 0 Å². The number of benzene rings is 2. The topological polar surface area (TPSA) is 56.2 Å². The highest BCUT2D eigenvalue weighted by molar-refractivity contribution is 5.49. The van der Waals surface area contributed by atoms with E-state index in [4.69, 9.17) is 4.74 Å². The molecule has 2 aromatic carbocycles. The van der Waals surface area contributed by atoms with Gasteiger partial charge in [0.1, 0.15) is 17.1 Å². The molecule has 2 aliphatic rings. The number of phenolic OH excluding ortho intramolecular Hbond substituents is 1. The molecular formula is C25H34N2O3. The van der Waals surface area contributed by atoms with Crippen molar-refractivity contribution in [1.82, 2.24) is 4.90 Å². The second-order valence-corrected chi connectivity index (χ2v) is 9.82. The van der Waals surface area contributed by atoms with Gasteiger partial charge in [-0.15, -0.1) is 0 Å². The molecule has 5 nitrogen and oxygen atoms in total. The molecule has 0 unspecified atom stereocenters. The standard InChI is InChI=1S/C25H34N2O3/c1-23(2)22(24(3,4)25(23,29)18-6-10-20(28)11-7-18)27-16-14-26(15-17-27)19-8-12-21(30-5)13-9-19/h6-13,22,28-29H,14-17H2,1-5H3/t22-,25+. The molecule has 4 rings (SSSR count). The molecule has 0 bridgehead atoms. The Morgan fingerprint density at radius 3 is 1.87 bits per heavy atom. The quantitative estimate of drug-likeness (QED) is 0.802. The second-order valence-electron chi connectivity index (χ2n) is 9.82. The van der Waals surface area contributed by atoms with Crippen LogP contribution in [0.25, 0.3) is 0 Å². The van der Waals surface area contributed by atoms with Crippen LogP contribution in [0.4, 0.5) is 5.69 Å². The van der Waals surface area contributed by atoms with E-state index in [1.807, 2.05) is 24.3 Å². The second kappa shape index (κ2) is 7.17. The van der Waals surface area contributed by atoms with Crippen LogP contribution >= 0.6 is 0 Å². The summed E-state index contributed by atoms with van der Waals surface area (Å²) in [7, 11) is 1.69. The number of aliphatic hydroxyl groups is 1. The molecule has 1 heterocycles. The van der Waals surface area contributed by atoms with E-state index in [0.717, 1.165) is 37.5 Å². The molecule has 1 saturated heterocycles. The van der Waals surface area contributed by atoms with Gasteiger partial charge in [-0.1, -0.05) is 39.8 Å². The number of aromatic hydroxyl groups is 1. The van der Waals surface area contributed by atoms with Gasteiger partial charge in [0, 0.05) is 48.7 Å². The molecule has 1 aliphatic heterocycles. The summed E-state index contributed by atoms with van der Waals surface area (Å²) >= 11 is 0. The highest BCUT2D eigenvalue weighted by Crippen LogP contribution is 2.68. The molecule has 2 fully saturated rings. The van der Waals surface area contributed by atoms with Gasteiger partial charge in [0.2, 0.25) is 0 Å². The normalized spacial score (nSPS) is 28.1. The van der Waals surface area contributed by atoms with Crippen LogP contribution in [0, 0.1) is 10.8 Å². The zero-order valence-electron chi connectivity index (χ0n) is 18.7. The third kappa shape index (κ3) is 2.90. The van der Waals surface area contributed by atoms with Gasteiger partial charge in [-0.05, 0) is 42.0 Å². The zero-order valence-corrected chi connectivity index (χ0v) is 18.7. The summed E-state index contributed by atoms with van der Waals surface area (Å²) in [5, 5.41) is 21.6. The molecule has 2 N–H and O–H groups in total. The number of hydrogen-bond acceptors (Lipinski definition) is 5. The lowest BCUT2D eigenvalue weighted by Gasteiger charge is -2.72. The SMILES string of the molecule is COc1ccc(N2CCN([C@H]3C(C)(C)[C@](O)(c4ccc(O)cc4)C3(C)C)CC2)cc1. The van der Waals surface area contributed by atoms with E-state index in [1.54, 1.807) is 19.2 Å². The fourth-order valence-electron chi connectivity index (χ4n) is 6.44. The average Bonchev–Trinajstić information content (AvgIpc) is 2.74. The molecule has 2 aromatic rings. The first kappa shape index (κ1) is 21.0. The molecule has 1 aliphatic carbocycles. The van der Waals surface area contributed by atoms with Crippen molar-refractivity contribution in [2.75, 3.05) is 38.2 Å². The summed E-state index contributed by atoms with van der Waals surface area (Å²) in [6.45, 7) is 12.6. The molecule has 0 amide bonds. The molecule has 0 atom stereocenters. The maximum atomic E-state index is 11.9. The van der Waals surface area contributed by atoms with Gasteiger partial charge in [0.15, 0.2) is 0 Å². The number of nitrogens with zero attached hydrogens (tertiary/aromatic N) is 2. The van der Waals surface area contributed by atoms with Crippen LogP contribution in [-0.2, 0) is 5.60 Å². The van der Waals surface area contributed by atoms with Crippen LogP contribution in [0.3, 0.4) is 0 Å². The summed E-state index contributed by atoms with van der Waals surface area (Å²) in [4.78, 5) is 4.97. The number of anilines is 1. The Morgan fingerprint density at radius 2 is 1.37 bits per heavy atom. The number of ether oxygens (including phenoxy) is 1. The molecule has 0 spiro atoms. The van der Waals surface area contributed by atoms with Crippen molar-refractivity contribution in [3.05, 3.63) is 54.1 Å². The van der Waals surface area contributed by atoms with Crippen LogP contribution in [0.2, 0.25) is 0 Å². The number of piperazine rings is 1. The Hall–Kier alpha value is -2.24. The van der Waals surface area contributed by atoms with Crippen molar-refractivity contribution in [3.63, 3.8) is 0 Å². The minimum absolute atomic E-state index is 0.225. The Balaban J connectivity index is 1.50. The highest BCUT2D eigenvalue weighted by atomic mass is 16.5. The van der Waals surface area contributed by atoms with Crippen molar-refractivity contribution in [2.45, 2.75) is 39.3 Å². The summed E-state index contributed by atoms with van der Waals surface area (Å²) in [6, 6.07) is 15.6. The van der Waals surface area contributed by atoms with Crippen molar-refractivity contribution in [3.8, 4) is 11.5 Å². The van der Waals surface area contributed by atoms with Gasteiger partial charge in [-0.3, -0.25) is 4.90 Å². The molecule has 162 valence electrons. The number of methoxy groups -OCH3 is 1. The van der Waals surface area contributed by atoms with Crippen LogP contribution in [0.1, 0.15) is 33.3 Å². The van der Waals surface area contributed by atoms with Crippen molar-refractivity contribution >= 4 is 5.69 Å². The number of hydrogen-bond donors (Lipinski definition) is 2. The zero-order chi connectivity index (χ0) is 21.7. The lowest BCUT2D eigenvalue weighted by atomic mass is 9.39. The first-order chi connectivity index (χ1) is 14.1. The Morgan fingerprint density at radius 1 is 0.833 bits per heavy atom. The molecule has 0 radical (unpaired) electrons. The highest BCUT2D eigenvalue weighted by Gasteiger charge is 2.73. The summed E-state index contributed by atoms with van der Waals surface area (Å²) in [5.41, 5.74) is 0.531. The average molecular weight is 411 g/mol. The van der Waals surface area contributed by atoms with Crippen LogP contribution < -0.4 is 9.64 Å². The van der Waals surface area contributed by atoms with Gasteiger partial charge in [0.25, 0.3) is 0 Å². The van der Waals surface area contributed by atoms with Crippen LogP contribution in [0.5, 0.6) is 11.5 Å². The predicted octanol–water partition coefficient (Wildman–Crippen LogP) is 3.85. The molecule has 1 saturated carbocycles. The minimum Gasteiger partial charge on any atom is -0.508 e. The first-order valence-corrected chi connectivity index (χ1v) is 10.8. The summed E-state index contributed by atoms with van der Waals surface area (Å²) < 4.78 is 5.27. The van der Waals surface area contributed by atoms with Crippen LogP contribution in [-0.4, -0.2) is 54.4 Å². The van der Waals surface area contributed by atoms with Gasteiger partial charge in [-0.25, -0.2) is 0 Å². The number of phenols is 1. The predicted molar refractivity (Wildman–Crippen MR) is 120 cm³/mol. The van der Waals surface area contributed by atoms with Gasteiger partial charge >= 0.3 is 0 Å². The Bertz CT molecular complexity index is 866. The van der Waals surface area contributed by atoms with Gasteiger partial charge in [0.05, 0.1) is 7.11 Å². The fourth-order valence-corrected chi connectivity index (χ4v) is 6.44. The molecular weight excluding hydrogens is 376 g/mol. The monoisotopic (exact) mass is 410 g/mol. The van der Waals surface area contributed by atoms with E-state index in [9.17, 15) is 10.2 Å². The number of rotatable bonds is 4. The van der Waals surface area contributed by atoms with Crippen molar-refractivity contribution in [2.24, 2.45) is 10.8 Å². The largest absolute Gasteiger partial charge is 0.508 e. The Kier molecular flexibility index (Phi) is 5.02. The summed E-state index contributed by atoms with van der Waals surface area (Å²) in [5.74, 6) is 1.10. The third-order valence-electron chi connectivity index (χ3n) is 7.63. The maximum absolute atomic E-state index is 11.9. The van der Waals surface area contributed by atoms with E-state index in [-0.39, 0.29) is 22.6 Å². The van der Waals surface area contributed by atoms with E-state index in [1.165, 1.54) is 5.69 Å². The third-order valence-corrected chi connectivity index (χ3v) is 7.63. The minimum atomic E-state index is -0.953. The maximum Gasteiger partial charge on any atom is 0.119 e. The molecule has 0 aromatic heterocycles. The van der Waals surface area contributed by atoms with Crippen molar-refractivity contribution in [1.29, 1.82) is 0 Å². The van der Waals surface area contributed by atoms with E-state index < -0.39 is 5.60 Å². The van der Waals surface area contributed by atoms with Crippen LogP contribution in [0.15, 0.2) is 48.5 Å². The lowest BCUT2D eigenvalue weighted by Crippen LogP contribution is -2.79. The van der Waals surface area contributed by atoms with Crippen molar-refractivity contribution < 1.29 is 14.9 Å². The molecule has 30 heavy (non-hydrogen) atoms. The lowest BCUT2D eigenvalue weighted by molar-refractivity contribution is -0.307. The Labute approximate surface area is 179 Å². The smallest absolute Gasteiger partial charge is 0.119 e. The summed E-state index contributed by atoms with van der Waals surface area (Å²) in [6.07, 6.45) is 0. The molecule has 5 heteroatoms. The van der Waals surface area contributed by atoms with Gasteiger partial charge < -0.3 is 19.8 Å².